The number of nitrogens with one attached hydrogen (secondary N) is 2. The van der Waals surface area contributed by atoms with E-state index in [1.165, 1.54) is 11.3 Å². The predicted octanol–water partition coefficient (Wildman–Crippen LogP) is 2.35. The van der Waals surface area contributed by atoms with Gasteiger partial charge < -0.3 is 4.57 Å². The summed E-state index contributed by atoms with van der Waals surface area (Å²) in [6.45, 7) is 5.35. The third-order valence-corrected chi connectivity index (χ3v) is 3.61. The van der Waals surface area contributed by atoms with Crippen molar-refractivity contribution in [1.29, 1.82) is 0 Å². The second kappa shape index (κ2) is 5.50. The zero-order valence-corrected chi connectivity index (χ0v) is 12.5. The Balaban J connectivity index is 2.08. The highest BCUT2D eigenvalue weighted by atomic mass is 32.1. The molecule has 0 aromatic carbocycles. The minimum Gasteiger partial charge on any atom is -0.322 e. The van der Waals surface area contributed by atoms with Crippen LogP contribution >= 0.6 is 11.3 Å². The van der Waals surface area contributed by atoms with E-state index in [4.69, 9.17) is 0 Å². The molecule has 0 saturated heterocycles. The molecule has 2 rings (SSSR count). The highest BCUT2D eigenvalue weighted by molar-refractivity contribution is 7.12. The number of rotatable bonds is 2. The standard InChI is InChI=1S/C14H17N3O2S/c1-14(2,3)13(19)16-15-12(18)11-10(6-9-20-11)17-7-4-5-8-17/h4-9H,1-3H3,(H,15,18)(H,16,19). The predicted molar refractivity (Wildman–Crippen MR) is 78.7 cm³/mol. The van der Waals surface area contributed by atoms with E-state index >= 15 is 0 Å². The number of aromatic nitrogens is 1. The van der Waals surface area contributed by atoms with Crippen LogP contribution in [0.4, 0.5) is 0 Å². The first kappa shape index (κ1) is 14.3. The van der Waals surface area contributed by atoms with Gasteiger partial charge >= 0.3 is 0 Å². The molecule has 0 spiro atoms. The molecule has 106 valence electrons. The van der Waals surface area contributed by atoms with Crippen LogP contribution in [0.25, 0.3) is 5.69 Å². The van der Waals surface area contributed by atoms with Crippen LogP contribution in [0.2, 0.25) is 0 Å². The zero-order chi connectivity index (χ0) is 14.8. The Morgan fingerprint density at radius 3 is 2.40 bits per heavy atom. The van der Waals surface area contributed by atoms with Gasteiger partial charge in [0.05, 0.1) is 5.69 Å². The average Bonchev–Trinajstić information content (AvgIpc) is 3.03. The molecule has 2 aromatic rings. The van der Waals surface area contributed by atoms with Gasteiger partial charge in [-0.25, -0.2) is 0 Å². The maximum absolute atomic E-state index is 12.1. The van der Waals surface area contributed by atoms with Gasteiger partial charge in [0.15, 0.2) is 0 Å². The summed E-state index contributed by atoms with van der Waals surface area (Å²) in [5, 5.41) is 1.84. The molecule has 2 heterocycles. The van der Waals surface area contributed by atoms with Crippen LogP contribution < -0.4 is 10.9 Å². The summed E-state index contributed by atoms with van der Waals surface area (Å²) in [7, 11) is 0. The van der Waals surface area contributed by atoms with Crippen LogP contribution in [0.15, 0.2) is 36.0 Å². The summed E-state index contributed by atoms with van der Waals surface area (Å²) in [5.74, 6) is -0.550. The molecule has 0 atom stereocenters. The van der Waals surface area contributed by atoms with Crippen molar-refractivity contribution in [3.05, 3.63) is 40.8 Å². The topological polar surface area (TPSA) is 63.1 Å². The summed E-state index contributed by atoms with van der Waals surface area (Å²) in [5.41, 5.74) is 5.14. The van der Waals surface area contributed by atoms with E-state index in [2.05, 4.69) is 10.9 Å². The van der Waals surface area contributed by atoms with Crippen molar-refractivity contribution >= 4 is 23.2 Å². The van der Waals surface area contributed by atoms with Crippen molar-refractivity contribution in [1.82, 2.24) is 15.4 Å². The molecule has 2 amide bonds. The first-order valence-corrected chi connectivity index (χ1v) is 7.09. The lowest BCUT2D eigenvalue weighted by Crippen LogP contribution is -2.46. The lowest BCUT2D eigenvalue weighted by atomic mass is 9.96. The first-order chi connectivity index (χ1) is 9.39. The zero-order valence-electron chi connectivity index (χ0n) is 11.6. The number of thiophene rings is 1. The number of carbonyl (C=O) groups is 2. The molecule has 0 unspecified atom stereocenters. The van der Waals surface area contributed by atoms with Gasteiger partial charge in [0.25, 0.3) is 5.91 Å². The molecule has 6 heteroatoms. The summed E-state index contributed by atoms with van der Waals surface area (Å²) >= 11 is 1.33. The Hall–Kier alpha value is -2.08. The highest BCUT2D eigenvalue weighted by Crippen LogP contribution is 2.21. The molecule has 0 aliphatic heterocycles. The maximum atomic E-state index is 12.1. The fourth-order valence-electron chi connectivity index (χ4n) is 1.53. The normalized spacial score (nSPS) is 11.2. The van der Waals surface area contributed by atoms with Gasteiger partial charge in [-0.15, -0.1) is 11.3 Å². The molecule has 0 radical (unpaired) electrons. The molecular formula is C14H17N3O2S. The quantitative estimate of drug-likeness (QED) is 0.834. The number of nitrogens with zero attached hydrogens (tertiary/aromatic N) is 1. The summed E-state index contributed by atoms with van der Waals surface area (Å²) < 4.78 is 1.86. The number of carbonyl (C=O) groups excluding carboxylic acids is 2. The molecule has 0 aliphatic carbocycles. The molecule has 0 fully saturated rings. The Morgan fingerprint density at radius 2 is 1.80 bits per heavy atom. The minimum atomic E-state index is -0.550. The number of hydrogen-bond acceptors (Lipinski definition) is 3. The molecule has 20 heavy (non-hydrogen) atoms. The van der Waals surface area contributed by atoms with Crippen LogP contribution in [-0.4, -0.2) is 16.4 Å². The molecule has 2 N–H and O–H groups in total. The van der Waals surface area contributed by atoms with E-state index in [9.17, 15) is 9.59 Å². The molecule has 0 bridgehead atoms. The molecular weight excluding hydrogens is 274 g/mol. The van der Waals surface area contributed by atoms with Crippen LogP contribution in [0, 0.1) is 5.41 Å². The smallest absolute Gasteiger partial charge is 0.281 e. The van der Waals surface area contributed by atoms with E-state index in [1.54, 1.807) is 20.8 Å². The summed E-state index contributed by atoms with van der Waals surface area (Å²) in [6.07, 6.45) is 3.74. The van der Waals surface area contributed by atoms with Crippen molar-refractivity contribution in [2.45, 2.75) is 20.8 Å². The molecule has 5 nitrogen and oxygen atoms in total. The lowest BCUT2D eigenvalue weighted by molar-refractivity contribution is -0.129. The lowest BCUT2D eigenvalue weighted by Gasteiger charge is -2.17. The summed E-state index contributed by atoms with van der Waals surface area (Å²) in [6, 6.07) is 5.65. The Labute approximate surface area is 121 Å². The minimum absolute atomic E-state index is 0.232. The first-order valence-electron chi connectivity index (χ1n) is 6.21. The number of hydrogen-bond donors (Lipinski definition) is 2. The highest BCUT2D eigenvalue weighted by Gasteiger charge is 2.22. The van der Waals surface area contributed by atoms with Crippen LogP contribution in [0.3, 0.4) is 0 Å². The van der Waals surface area contributed by atoms with Crippen LogP contribution in [-0.2, 0) is 4.79 Å². The summed E-state index contributed by atoms with van der Waals surface area (Å²) in [4.78, 5) is 24.4. The maximum Gasteiger partial charge on any atom is 0.281 e. The van der Waals surface area contributed by atoms with E-state index in [-0.39, 0.29) is 11.8 Å². The van der Waals surface area contributed by atoms with Crippen molar-refractivity contribution in [2.24, 2.45) is 5.41 Å². The number of amides is 2. The van der Waals surface area contributed by atoms with Crippen molar-refractivity contribution in [2.75, 3.05) is 0 Å². The van der Waals surface area contributed by atoms with Gasteiger partial charge in [0.2, 0.25) is 5.91 Å². The van der Waals surface area contributed by atoms with Gasteiger partial charge in [0.1, 0.15) is 4.88 Å². The second-order valence-corrected chi connectivity index (χ2v) is 6.30. The fraction of sp³-hybridized carbons (Fsp3) is 0.286. The van der Waals surface area contributed by atoms with E-state index in [0.717, 1.165) is 5.69 Å². The van der Waals surface area contributed by atoms with Gasteiger partial charge in [-0.2, -0.15) is 0 Å². The van der Waals surface area contributed by atoms with Gasteiger partial charge in [-0.1, -0.05) is 20.8 Å². The van der Waals surface area contributed by atoms with Crippen LogP contribution in [0.5, 0.6) is 0 Å². The largest absolute Gasteiger partial charge is 0.322 e. The van der Waals surface area contributed by atoms with Gasteiger partial charge in [-0.3, -0.25) is 20.4 Å². The molecule has 0 saturated carbocycles. The van der Waals surface area contributed by atoms with Crippen molar-refractivity contribution in [3.63, 3.8) is 0 Å². The average molecular weight is 291 g/mol. The SMILES string of the molecule is CC(C)(C)C(=O)NNC(=O)c1sccc1-n1cccc1. The number of hydrazine groups is 1. The third-order valence-electron chi connectivity index (χ3n) is 2.70. The Morgan fingerprint density at radius 1 is 1.15 bits per heavy atom. The van der Waals surface area contributed by atoms with Crippen molar-refractivity contribution < 1.29 is 9.59 Å². The Bertz CT molecular complexity index is 609. The molecule has 0 aliphatic rings. The van der Waals surface area contributed by atoms with E-state index in [0.29, 0.717) is 4.88 Å². The van der Waals surface area contributed by atoms with E-state index < -0.39 is 5.41 Å². The van der Waals surface area contributed by atoms with E-state index in [1.807, 2.05) is 40.5 Å². The second-order valence-electron chi connectivity index (χ2n) is 5.38. The monoisotopic (exact) mass is 291 g/mol. The van der Waals surface area contributed by atoms with Crippen LogP contribution in [0.1, 0.15) is 30.4 Å². The van der Waals surface area contributed by atoms with Gasteiger partial charge in [-0.05, 0) is 23.6 Å². The molecule has 2 aromatic heterocycles. The third kappa shape index (κ3) is 3.08. The Kier molecular flexibility index (Phi) is 3.94. The van der Waals surface area contributed by atoms with Gasteiger partial charge in [0, 0.05) is 17.8 Å². The van der Waals surface area contributed by atoms with Crippen molar-refractivity contribution in [3.8, 4) is 5.69 Å². The fourth-order valence-corrected chi connectivity index (χ4v) is 2.31.